The predicted molar refractivity (Wildman–Crippen MR) is 80.6 cm³/mol. The van der Waals surface area contributed by atoms with Gasteiger partial charge in [-0.2, -0.15) is 4.98 Å². The van der Waals surface area contributed by atoms with E-state index in [0.717, 1.165) is 18.7 Å². The lowest BCUT2D eigenvalue weighted by atomic mass is 10.2. The first-order chi connectivity index (χ1) is 10.2. The summed E-state index contributed by atoms with van der Waals surface area (Å²) in [6.07, 6.45) is 0.923. The lowest BCUT2D eigenvalue weighted by Gasteiger charge is -2.35. The van der Waals surface area contributed by atoms with Crippen molar-refractivity contribution in [3.63, 3.8) is 0 Å². The Balaban J connectivity index is 2.25. The van der Waals surface area contributed by atoms with E-state index in [-0.39, 0.29) is 11.9 Å². The zero-order valence-corrected chi connectivity index (χ0v) is 12.8. The molecule has 0 aliphatic carbocycles. The number of ether oxygens (including phenoxy) is 1. The van der Waals surface area contributed by atoms with E-state index < -0.39 is 0 Å². The molecule has 1 unspecified atom stereocenters. The molecule has 1 aliphatic rings. The van der Waals surface area contributed by atoms with Gasteiger partial charge in [0.25, 0.3) is 0 Å². The molecule has 1 amide bonds. The molecule has 0 radical (unpaired) electrons. The molecule has 0 aromatic carbocycles. The lowest BCUT2D eigenvalue weighted by Crippen LogP contribution is -2.58. The van der Waals surface area contributed by atoms with E-state index in [1.54, 1.807) is 7.05 Å². The van der Waals surface area contributed by atoms with Crippen LogP contribution < -0.4 is 20.3 Å². The zero-order chi connectivity index (χ0) is 15.2. The first-order valence-corrected chi connectivity index (χ1v) is 7.33. The van der Waals surface area contributed by atoms with Gasteiger partial charge in [0.15, 0.2) is 0 Å². The summed E-state index contributed by atoms with van der Waals surface area (Å²) in [5.41, 5.74) is 0.834. The molecular weight excluding hydrogens is 270 g/mol. The van der Waals surface area contributed by atoms with Gasteiger partial charge >= 0.3 is 0 Å². The molecule has 1 aliphatic heterocycles. The molecule has 2 N–H and O–H groups in total. The third kappa shape index (κ3) is 3.81. The number of anilines is 1. The number of carbonyl (C=O) groups is 1. The highest BCUT2D eigenvalue weighted by molar-refractivity contribution is 5.85. The minimum atomic E-state index is -0.301. The van der Waals surface area contributed by atoms with E-state index in [4.69, 9.17) is 4.74 Å². The molecule has 1 atom stereocenters. The van der Waals surface area contributed by atoms with Crippen LogP contribution in [-0.2, 0) is 4.79 Å². The van der Waals surface area contributed by atoms with Gasteiger partial charge in [-0.25, -0.2) is 4.98 Å². The van der Waals surface area contributed by atoms with Crippen LogP contribution in [0.15, 0.2) is 6.07 Å². The fourth-order valence-corrected chi connectivity index (χ4v) is 2.28. The maximum absolute atomic E-state index is 12.0. The van der Waals surface area contributed by atoms with Gasteiger partial charge in [-0.15, -0.1) is 0 Å². The molecule has 2 rings (SSSR count). The maximum atomic E-state index is 12.0. The van der Waals surface area contributed by atoms with Crippen LogP contribution >= 0.6 is 0 Å². The van der Waals surface area contributed by atoms with Gasteiger partial charge in [0.1, 0.15) is 6.04 Å². The SMILES string of the molecule is CCCOc1cc(C)nc(N2CCNCC2C(=O)NC)n1. The number of aromatic nitrogens is 2. The Morgan fingerprint density at radius 1 is 1.57 bits per heavy atom. The Morgan fingerprint density at radius 3 is 3.10 bits per heavy atom. The summed E-state index contributed by atoms with van der Waals surface area (Å²) < 4.78 is 5.60. The summed E-state index contributed by atoms with van der Waals surface area (Å²) in [5, 5.41) is 5.91. The largest absolute Gasteiger partial charge is 0.478 e. The van der Waals surface area contributed by atoms with Crippen molar-refractivity contribution in [3.8, 4) is 5.88 Å². The second-order valence-corrected chi connectivity index (χ2v) is 5.02. The number of carbonyl (C=O) groups excluding carboxylic acids is 1. The molecule has 116 valence electrons. The number of nitrogens with zero attached hydrogens (tertiary/aromatic N) is 3. The van der Waals surface area contributed by atoms with Crippen molar-refractivity contribution in [2.75, 3.05) is 38.2 Å². The monoisotopic (exact) mass is 293 g/mol. The molecule has 0 saturated carbocycles. The Labute approximate surface area is 125 Å². The first-order valence-electron chi connectivity index (χ1n) is 7.33. The quantitative estimate of drug-likeness (QED) is 0.801. The average Bonchev–Trinajstić information content (AvgIpc) is 2.51. The van der Waals surface area contributed by atoms with Crippen LogP contribution in [-0.4, -0.2) is 55.2 Å². The fourth-order valence-electron chi connectivity index (χ4n) is 2.28. The van der Waals surface area contributed by atoms with Crippen molar-refractivity contribution in [2.24, 2.45) is 0 Å². The Morgan fingerprint density at radius 2 is 2.38 bits per heavy atom. The number of piperazine rings is 1. The van der Waals surface area contributed by atoms with Crippen molar-refractivity contribution in [1.82, 2.24) is 20.6 Å². The molecule has 1 fully saturated rings. The third-order valence-electron chi connectivity index (χ3n) is 3.32. The van der Waals surface area contributed by atoms with Gasteiger partial charge in [0, 0.05) is 38.4 Å². The highest BCUT2D eigenvalue weighted by Gasteiger charge is 2.30. The van der Waals surface area contributed by atoms with E-state index in [1.165, 1.54) is 0 Å². The van der Waals surface area contributed by atoms with Gasteiger partial charge in [0.05, 0.1) is 6.61 Å². The number of hydrogen-bond acceptors (Lipinski definition) is 6. The van der Waals surface area contributed by atoms with Crippen LogP contribution in [0.4, 0.5) is 5.95 Å². The average molecular weight is 293 g/mol. The summed E-state index contributed by atoms with van der Waals surface area (Å²) in [7, 11) is 1.64. The fraction of sp³-hybridized carbons (Fsp3) is 0.643. The normalized spacial score (nSPS) is 18.4. The molecular formula is C14H23N5O2. The van der Waals surface area contributed by atoms with Gasteiger partial charge in [0.2, 0.25) is 17.7 Å². The second-order valence-electron chi connectivity index (χ2n) is 5.02. The lowest BCUT2D eigenvalue weighted by molar-refractivity contribution is -0.122. The molecule has 2 heterocycles. The zero-order valence-electron chi connectivity index (χ0n) is 12.8. The minimum absolute atomic E-state index is 0.0386. The van der Waals surface area contributed by atoms with Crippen LogP contribution in [0.2, 0.25) is 0 Å². The third-order valence-corrected chi connectivity index (χ3v) is 3.32. The summed E-state index contributed by atoms with van der Waals surface area (Å²) in [5.74, 6) is 1.08. The number of likely N-dealkylation sites (N-methyl/N-ethyl adjacent to an activating group) is 1. The minimum Gasteiger partial charge on any atom is -0.478 e. The summed E-state index contributed by atoms with van der Waals surface area (Å²) >= 11 is 0. The van der Waals surface area contributed by atoms with Crippen LogP contribution in [0.1, 0.15) is 19.0 Å². The molecule has 7 nitrogen and oxygen atoms in total. The van der Waals surface area contributed by atoms with Crippen LogP contribution in [0.25, 0.3) is 0 Å². The standard InChI is InChI=1S/C14H23N5O2/c1-4-7-21-12-8-10(2)17-14(18-12)19-6-5-16-9-11(19)13(20)15-3/h8,11,16H,4-7,9H2,1-3H3,(H,15,20). The molecule has 1 aromatic heterocycles. The van der Waals surface area contributed by atoms with Gasteiger partial charge < -0.3 is 20.3 Å². The number of amides is 1. The van der Waals surface area contributed by atoms with E-state index in [2.05, 4.69) is 20.6 Å². The number of nitrogens with one attached hydrogen (secondary N) is 2. The van der Waals surface area contributed by atoms with E-state index in [0.29, 0.717) is 31.5 Å². The number of hydrogen-bond donors (Lipinski definition) is 2. The molecule has 7 heteroatoms. The Bertz CT molecular complexity index is 494. The van der Waals surface area contributed by atoms with Crippen LogP contribution in [0, 0.1) is 6.92 Å². The van der Waals surface area contributed by atoms with Crippen molar-refractivity contribution < 1.29 is 9.53 Å². The summed E-state index contributed by atoms with van der Waals surface area (Å²) in [6, 6.07) is 1.51. The summed E-state index contributed by atoms with van der Waals surface area (Å²) in [6.45, 7) is 6.65. The molecule has 0 bridgehead atoms. The van der Waals surface area contributed by atoms with Gasteiger partial charge in [-0.1, -0.05) is 6.92 Å². The van der Waals surface area contributed by atoms with Crippen molar-refractivity contribution in [1.29, 1.82) is 0 Å². The Hall–Kier alpha value is -1.89. The Kier molecular flexibility index (Phi) is 5.32. The molecule has 1 saturated heterocycles. The van der Waals surface area contributed by atoms with Crippen LogP contribution in [0.5, 0.6) is 5.88 Å². The number of rotatable bonds is 5. The molecule has 1 aromatic rings. The predicted octanol–water partition coefficient (Wildman–Crippen LogP) is 0.0980. The van der Waals surface area contributed by atoms with E-state index >= 15 is 0 Å². The van der Waals surface area contributed by atoms with Crippen LogP contribution in [0.3, 0.4) is 0 Å². The first kappa shape index (κ1) is 15.5. The number of aryl methyl sites for hydroxylation is 1. The van der Waals surface area contributed by atoms with Gasteiger partial charge in [-0.05, 0) is 13.3 Å². The highest BCUT2D eigenvalue weighted by Crippen LogP contribution is 2.18. The maximum Gasteiger partial charge on any atom is 0.243 e. The van der Waals surface area contributed by atoms with Crippen molar-refractivity contribution >= 4 is 11.9 Å². The van der Waals surface area contributed by atoms with Crippen molar-refractivity contribution in [3.05, 3.63) is 11.8 Å². The second kappa shape index (κ2) is 7.21. The smallest absolute Gasteiger partial charge is 0.243 e. The topological polar surface area (TPSA) is 79.4 Å². The highest BCUT2D eigenvalue weighted by atomic mass is 16.5. The van der Waals surface area contributed by atoms with E-state index in [1.807, 2.05) is 24.8 Å². The van der Waals surface area contributed by atoms with E-state index in [9.17, 15) is 4.79 Å². The molecule has 21 heavy (non-hydrogen) atoms. The van der Waals surface area contributed by atoms with Gasteiger partial charge in [-0.3, -0.25) is 4.79 Å². The summed E-state index contributed by atoms with van der Waals surface area (Å²) in [4.78, 5) is 22.9. The molecule has 0 spiro atoms. The van der Waals surface area contributed by atoms with Crippen molar-refractivity contribution in [2.45, 2.75) is 26.3 Å².